The van der Waals surface area contributed by atoms with Crippen LogP contribution >= 0.6 is 0 Å². The zero-order valence-corrected chi connectivity index (χ0v) is 19.6. The number of sulfonamides is 1. The zero-order valence-electron chi connectivity index (χ0n) is 18.7. The van der Waals surface area contributed by atoms with E-state index in [1.54, 1.807) is 18.0 Å². The number of aromatic nitrogens is 1. The predicted octanol–water partition coefficient (Wildman–Crippen LogP) is 2.15. The standard InChI is InChI=1S/C22H33N3O5S/c1-15-12-25(16(2)14-26)22(27)19-10-18(17-8-6-5-7-9-17)11-23-21(19)30-20(15)13-24(3)31(4,28)29/h8,10-11,15-16,20,26H,5-7,9,12-14H2,1-4H3/t15-,16+,20+/m0/s1. The highest BCUT2D eigenvalue weighted by atomic mass is 32.2. The molecule has 1 aromatic rings. The minimum atomic E-state index is -3.39. The van der Waals surface area contributed by atoms with E-state index in [2.05, 4.69) is 11.1 Å². The average Bonchev–Trinajstić information content (AvgIpc) is 2.75. The summed E-state index contributed by atoms with van der Waals surface area (Å²) < 4.78 is 31.3. The summed E-state index contributed by atoms with van der Waals surface area (Å²) in [7, 11) is -1.88. The van der Waals surface area contributed by atoms with Gasteiger partial charge >= 0.3 is 0 Å². The van der Waals surface area contributed by atoms with Crippen LogP contribution in [0.25, 0.3) is 5.57 Å². The van der Waals surface area contributed by atoms with Crippen LogP contribution in [0.15, 0.2) is 18.3 Å². The van der Waals surface area contributed by atoms with Crippen molar-refractivity contribution in [2.75, 3.05) is 33.0 Å². The Morgan fingerprint density at radius 1 is 1.39 bits per heavy atom. The van der Waals surface area contributed by atoms with Gasteiger partial charge in [-0.05, 0) is 49.8 Å². The Kier molecular flexibility index (Phi) is 7.39. The van der Waals surface area contributed by atoms with Gasteiger partial charge in [0.15, 0.2) is 0 Å². The molecule has 1 amide bonds. The number of carbonyl (C=O) groups is 1. The van der Waals surface area contributed by atoms with Gasteiger partial charge in [0.1, 0.15) is 11.7 Å². The molecule has 0 bridgehead atoms. The Labute approximate surface area is 185 Å². The number of fused-ring (bicyclic) bond motifs is 1. The maximum Gasteiger partial charge on any atom is 0.259 e. The Bertz CT molecular complexity index is 946. The van der Waals surface area contributed by atoms with Crippen molar-refractivity contribution in [1.82, 2.24) is 14.2 Å². The second-order valence-electron chi connectivity index (χ2n) is 8.72. The molecule has 2 aliphatic rings. The molecule has 8 nitrogen and oxygen atoms in total. The molecule has 1 aliphatic heterocycles. The molecule has 0 spiro atoms. The van der Waals surface area contributed by atoms with Gasteiger partial charge in [-0.25, -0.2) is 17.7 Å². The van der Waals surface area contributed by atoms with E-state index in [0.29, 0.717) is 12.1 Å². The number of aliphatic hydroxyl groups is 1. The minimum Gasteiger partial charge on any atom is -0.472 e. The van der Waals surface area contributed by atoms with E-state index in [-0.39, 0.29) is 36.9 Å². The molecule has 9 heteroatoms. The Balaban J connectivity index is 2.02. The molecule has 0 radical (unpaired) electrons. The second-order valence-corrected chi connectivity index (χ2v) is 10.8. The van der Waals surface area contributed by atoms with E-state index in [1.807, 2.05) is 13.0 Å². The van der Waals surface area contributed by atoms with Gasteiger partial charge in [-0.15, -0.1) is 0 Å². The van der Waals surface area contributed by atoms with Crippen molar-refractivity contribution in [3.8, 4) is 5.88 Å². The molecule has 172 valence electrons. The van der Waals surface area contributed by atoms with Crippen LogP contribution in [0.2, 0.25) is 0 Å². The molecule has 0 saturated carbocycles. The van der Waals surface area contributed by atoms with Crippen LogP contribution < -0.4 is 4.74 Å². The minimum absolute atomic E-state index is 0.142. The first kappa shape index (κ1) is 23.7. The van der Waals surface area contributed by atoms with Gasteiger partial charge in [-0.1, -0.05) is 13.0 Å². The number of carbonyl (C=O) groups excluding carboxylic acids is 1. The fourth-order valence-corrected chi connectivity index (χ4v) is 4.40. The smallest absolute Gasteiger partial charge is 0.259 e. The predicted molar refractivity (Wildman–Crippen MR) is 119 cm³/mol. The lowest BCUT2D eigenvalue weighted by molar-refractivity contribution is 0.0373. The summed E-state index contributed by atoms with van der Waals surface area (Å²) >= 11 is 0. The van der Waals surface area contributed by atoms with E-state index in [0.717, 1.165) is 31.1 Å². The lowest BCUT2D eigenvalue weighted by atomic mass is 9.93. The molecule has 0 saturated heterocycles. The first-order valence-electron chi connectivity index (χ1n) is 10.8. The third kappa shape index (κ3) is 5.45. The largest absolute Gasteiger partial charge is 0.472 e. The van der Waals surface area contributed by atoms with Crippen molar-refractivity contribution in [3.63, 3.8) is 0 Å². The number of ether oxygens (including phenoxy) is 1. The van der Waals surface area contributed by atoms with E-state index < -0.39 is 16.1 Å². The van der Waals surface area contributed by atoms with Crippen molar-refractivity contribution < 1.29 is 23.1 Å². The molecule has 0 fully saturated rings. The van der Waals surface area contributed by atoms with E-state index in [9.17, 15) is 18.3 Å². The molecule has 1 aliphatic carbocycles. The number of amides is 1. The number of likely N-dealkylation sites (N-methyl/N-ethyl adjacent to an activating group) is 1. The number of nitrogens with zero attached hydrogens (tertiary/aromatic N) is 3. The molecule has 3 atom stereocenters. The van der Waals surface area contributed by atoms with Gasteiger partial charge in [0.05, 0.1) is 25.4 Å². The van der Waals surface area contributed by atoms with Gasteiger partial charge < -0.3 is 14.7 Å². The Hall–Kier alpha value is -1.97. The molecule has 3 rings (SSSR count). The zero-order chi connectivity index (χ0) is 22.8. The van der Waals surface area contributed by atoms with Gasteiger partial charge in [-0.2, -0.15) is 0 Å². The first-order valence-corrected chi connectivity index (χ1v) is 12.7. The Morgan fingerprint density at radius 3 is 2.74 bits per heavy atom. The van der Waals surface area contributed by atoms with E-state index in [4.69, 9.17) is 4.74 Å². The molecule has 0 aromatic carbocycles. The normalized spacial score (nSPS) is 23.5. The highest BCUT2D eigenvalue weighted by Crippen LogP contribution is 2.32. The highest BCUT2D eigenvalue weighted by Gasteiger charge is 2.35. The van der Waals surface area contributed by atoms with Crippen LogP contribution in [0.1, 0.15) is 55.5 Å². The van der Waals surface area contributed by atoms with Crippen LogP contribution in [0.5, 0.6) is 5.88 Å². The highest BCUT2D eigenvalue weighted by molar-refractivity contribution is 7.88. The van der Waals surface area contributed by atoms with Gasteiger partial charge in [-0.3, -0.25) is 4.79 Å². The fourth-order valence-electron chi connectivity index (χ4n) is 3.98. The van der Waals surface area contributed by atoms with Crippen molar-refractivity contribution >= 4 is 21.5 Å². The van der Waals surface area contributed by atoms with Gasteiger partial charge in [0, 0.05) is 25.7 Å². The summed E-state index contributed by atoms with van der Waals surface area (Å²) in [5.74, 6) is -0.194. The maximum atomic E-state index is 13.4. The van der Waals surface area contributed by atoms with Crippen LogP contribution in [0, 0.1) is 5.92 Å². The fraction of sp³-hybridized carbons (Fsp3) is 0.636. The van der Waals surface area contributed by atoms with E-state index in [1.165, 1.54) is 23.3 Å². The van der Waals surface area contributed by atoms with Gasteiger partial charge in [0.25, 0.3) is 5.91 Å². The third-order valence-electron chi connectivity index (χ3n) is 6.19. The summed E-state index contributed by atoms with van der Waals surface area (Å²) in [4.78, 5) is 19.5. The van der Waals surface area contributed by atoms with Crippen molar-refractivity contribution in [1.29, 1.82) is 0 Å². The number of rotatable bonds is 6. The SMILES string of the molecule is C[C@H](CO)N1C[C@H](C)[C@@H](CN(C)S(C)(=O)=O)Oc2ncc(C3=CCCCC3)cc2C1=O. The second kappa shape index (κ2) is 9.67. The van der Waals surface area contributed by atoms with Crippen LogP contribution in [-0.4, -0.2) is 78.8 Å². The summed E-state index contributed by atoms with van der Waals surface area (Å²) in [5, 5.41) is 9.74. The van der Waals surface area contributed by atoms with Crippen LogP contribution in [-0.2, 0) is 10.0 Å². The average molecular weight is 452 g/mol. The van der Waals surface area contributed by atoms with Crippen molar-refractivity contribution in [3.05, 3.63) is 29.5 Å². The monoisotopic (exact) mass is 451 g/mol. The molecule has 1 N–H and O–H groups in total. The molecular weight excluding hydrogens is 418 g/mol. The van der Waals surface area contributed by atoms with Crippen molar-refractivity contribution in [2.24, 2.45) is 5.92 Å². The lowest BCUT2D eigenvalue weighted by Crippen LogP contribution is -2.50. The quantitative estimate of drug-likeness (QED) is 0.711. The van der Waals surface area contributed by atoms with Crippen LogP contribution in [0.3, 0.4) is 0 Å². The molecule has 2 heterocycles. The number of allylic oxidation sites excluding steroid dienone is 2. The number of hydrogen-bond acceptors (Lipinski definition) is 6. The van der Waals surface area contributed by atoms with Gasteiger partial charge in [0.2, 0.25) is 15.9 Å². The number of pyridine rings is 1. The summed E-state index contributed by atoms with van der Waals surface area (Å²) in [6, 6.07) is 1.44. The summed E-state index contributed by atoms with van der Waals surface area (Å²) in [5.41, 5.74) is 2.44. The maximum absolute atomic E-state index is 13.4. The lowest BCUT2D eigenvalue weighted by Gasteiger charge is -2.37. The first-order chi connectivity index (χ1) is 14.6. The topological polar surface area (TPSA) is 100 Å². The molecule has 0 unspecified atom stereocenters. The number of hydrogen-bond donors (Lipinski definition) is 1. The third-order valence-corrected chi connectivity index (χ3v) is 7.47. The van der Waals surface area contributed by atoms with Crippen LogP contribution in [0.4, 0.5) is 0 Å². The molecular formula is C22H33N3O5S. The van der Waals surface area contributed by atoms with Crippen molar-refractivity contribution in [2.45, 2.75) is 51.7 Å². The summed E-state index contributed by atoms with van der Waals surface area (Å²) in [6.45, 7) is 4.03. The molecule has 31 heavy (non-hydrogen) atoms. The molecule has 1 aromatic heterocycles. The van der Waals surface area contributed by atoms with E-state index >= 15 is 0 Å². The Morgan fingerprint density at radius 2 is 2.13 bits per heavy atom. The summed E-state index contributed by atoms with van der Waals surface area (Å²) in [6.07, 6.45) is 8.83. The number of aliphatic hydroxyl groups excluding tert-OH is 1.